The Hall–Kier alpha value is -4.01. The molecule has 2 heterocycles. The number of hydrogen-bond donors (Lipinski definition) is 2. The largest absolute Gasteiger partial charge is 0.508 e. The maximum Gasteiger partial charge on any atom is 0.269 e. The fraction of sp³-hybridized carbons (Fsp3) is 0.261. The Labute approximate surface area is 183 Å². The summed E-state index contributed by atoms with van der Waals surface area (Å²) in [7, 11) is 0. The maximum atomic E-state index is 13.2. The Kier molecular flexibility index (Phi) is 4.37. The number of Topliss-reactive ketones (excluding diaryl/α,β-unsaturated/α-hetero) is 1. The number of phenols is 1. The minimum Gasteiger partial charge on any atom is -0.508 e. The molecule has 1 atom stereocenters. The molecule has 1 aliphatic heterocycles. The molecule has 9 heteroatoms. The number of hydrogen-bond acceptors (Lipinski definition) is 7. The van der Waals surface area contributed by atoms with Crippen molar-refractivity contribution in [2.45, 2.75) is 32.7 Å². The third-order valence-corrected chi connectivity index (χ3v) is 5.86. The number of phenolic OH excluding ortho intramolecular Hbond substituents is 1. The van der Waals surface area contributed by atoms with Crippen LogP contribution in [-0.2, 0) is 4.79 Å². The molecule has 0 radical (unpaired) electrons. The minimum absolute atomic E-state index is 0.0205. The Morgan fingerprint density at radius 2 is 1.94 bits per heavy atom. The van der Waals surface area contributed by atoms with Crippen LogP contribution >= 0.6 is 0 Å². The van der Waals surface area contributed by atoms with Crippen LogP contribution in [-0.4, -0.2) is 30.6 Å². The molecule has 32 heavy (non-hydrogen) atoms. The van der Waals surface area contributed by atoms with Gasteiger partial charge in [-0.1, -0.05) is 26.0 Å². The first-order valence-corrected chi connectivity index (χ1v) is 10.3. The molecule has 0 saturated heterocycles. The maximum absolute atomic E-state index is 13.2. The molecular formula is C23H21N5O4. The van der Waals surface area contributed by atoms with Crippen molar-refractivity contribution in [3.05, 3.63) is 75.5 Å². The summed E-state index contributed by atoms with van der Waals surface area (Å²) in [6.07, 6.45) is 1.08. The number of anilines is 1. The third-order valence-electron chi connectivity index (χ3n) is 5.86. The first-order valence-electron chi connectivity index (χ1n) is 10.3. The van der Waals surface area contributed by atoms with Crippen LogP contribution in [0.4, 0.5) is 11.6 Å². The third kappa shape index (κ3) is 3.31. The van der Waals surface area contributed by atoms with E-state index >= 15 is 0 Å². The van der Waals surface area contributed by atoms with E-state index in [4.69, 9.17) is 0 Å². The molecule has 2 N–H and O–H groups in total. The highest BCUT2D eigenvalue weighted by Crippen LogP contribution is 2.45. The summed E-state index contributed by atoms with van der Waals surface area (Å²) < 4.78 is 1.65. The zero-order valence-corrected chi connectivity index (χ0v) is 17.6. The zero-order valence-electron chi connectivity index (χ0n) is 17.6. The van der Waals surface area contributed by atoms with Gasteiger partial charge in [0.1, 0.15) is 11.8 Å². The average Bonchev–Trinajstić information content (AvgIpc) is 3.15. The number of nitrogens with one attached hydrogen (secondary N) is 1. The molecule has 5 rings (SSSR count). The number of ketones is 1. The van der Waals surface area contributed by atoms with E-state index in [1.54, 1.807) is 41.1 Å². The molecule has 1 aliphatic carbocycles. The van der Waals surface area contributed by atoms with Gasteiger partial charge in [-0.15, -0.1) is 5.10 Å². The van der Waals surface area contributed by atoms with Crippen molar-refractivity contribution in [1.82, 2.24) is 14.8 Å². The van der Waals surface area contributed by atoms with Crippen LogP contribution in [0, 0.1) is 15.5 Å². The molecule has 0 amide bonds. The van der Waals surface area contributed by atoms with Crippen LogP contribution < -0.4 is 5.32 Å². The number of allylic oxidation sites excluding steroid dienone is 2. The van der Waals surface area contributed by atoms with Crippen molar-refractivity contribution in [1.29, 1.82) is 0 Å². The number of aromatic hydroxyl groups is 1. The van der Waals surface area contributed by atoms with Gasteiger partial charge in [-0.3, -0.25) is 14.9 Å². The van der Waals surface area contributed by atoms with Crippen molar-refractivity contribution >= 4 is 17.4 Å². The molecule has 2 aromatic carbocycles. The Balaban J connectivity index is 1.67. The van der Waals surface area contributed by atoms with Gasteiger partial charge in [0.15, 0.2) is 11.6 Å². The molecule has 162 valence electrons. The number of rotatable bonds is 3. The number of carbonyl (C=O) groups excluding carboxylic acids is 1. The van der Waals surface area contributed by atoms with Gasteiger partial charge in [0, 0.05) is 35.4 Å². The molecule has 0 bridgehead atoms. The van der Waals surface area contributed by atoms with Crippen LogP contribution in [0.2, 0.25) is 0 Å². The summed E-state index contributed by atoms with van der Waals surface area (Å²) in [4.78, 5) is 28.5. The molecule has 0 saturated carbocycles. The lowest BCUT2D eigenvalue weighted by molar-refractivity contribution is -0.384. The predicted molar refractivity (Wildman–Crippen MR) is 117 cm³/mol. The van der Waals surface area contributed by atoms with Crippen LogP contribution in [0.1, 0.15) is 38.3 Å². The zero-order chi connectivity index (χ0) is 22.6. The number of nitro benzene ring substituents is 1. The second-order valence-corrected chi connectivity index (χ2v) is 8.96. The fourth-order valence-electron chi connectivity index (χ4n) is 4.46. The van der Waals surface area contributed by atoms with Gasteiger partial charge in [0.2, 0.25) is 5.95 Å². The van der Waals surface area contributed by atoms with E-state index in [2.05, 4.69) is 29.2 Å². The van der Waals surface area contributed by atoms with E-state index in [0.717, 1.165) is 5.70 Å². The molecule has 9 nitrogen and oxygen atoms in total. The standard InChI is InChI=1S/C23H21N5O4/c1-23(2)11-17-19(18(30)12-23)20(13-6-8-15(9-7-13)28(31)32)27-22(24-17)25-21(26-27)14-4-3-5-16(29)10-14/h3-10,20,29H,11-12H2,1-2H3,(H,24,25,26). The van der Waals surface area contributed by atoms with E-state index in [-0.39, 0.29) is 22.6 Å². The van der Waals surface area contributed by atoms with Gasteiger partial charge in [-0.25, -0.2) is 4.68 Å². The van der Waals surface area contributed by atoms with Gasteiger partial charge >= 0.3 is 0 Å². The highest BCUT2D eigenvalue weighted by Gasteiger charge is 2.42. The van der Waals surface area contributed by atoms with Gasteiger partial charge in [-0.05, 0) is 41.7 Å². The summed E-state index contributed by atoms with van der Waals surface area (Å²) in [6.45, 7) is 4.10. The normalized spacial score (nSPS) is 19.2. The summed E-state index contributed by atoms with van der Waals surface area (Å²) >= 11 is 0. The van der Waals surface area contributed by atoms with E-state index in [1.165, 1.54) is 12.1 Å². The second kappa shape index (κ2) is 7.01. The minimum atomic E-state index is -0.552. The highest BCUT2D eigenvalue weighted by atomic mass is 16.6. The second-order valence-electron chi connectivity index (χ2n) is 8.96. The number of non-ortho nitro benzene ring substituents is 1. The summed E-state index contributed by atoms with van der Waals surface area (Å²) in [5.74, 6) is 1.01. The van der Waals surface area contributed by atoms with Crippen molar-refractivity contribution in [2.75, 3.05) is 5.32 Å². The predicted octanol–water partition coefficient (Wildman–Crippen LogP) is 4.22. The lowest BCUT2D eigenvalue weighted by Gasteiger charge is -2.38. The van der Waals surface area contributed by atoms with E-state index in [0.29, 0.717) is 41.3 Å². The number of aromatic nitrogens is 3. The lowest BCUT2D eigenvalue weighted by atomic mass is 9.73. The van der Waals surface area contributed by atoms with Crippen molar-refractivity contribution in [2.24, 2.45) is 5.41 Å². The Bertz CT molecular complexity index is 1290. The quantitative estimate of drug-likeness (QED) is 0.470. The van der Waals surface area contributed by atoms with Gasteiger partial charge in [0.25, 0.3) is 5.69 Å². The van der Waals surface area contributed by atoms with E-state index in [1.807, 2.05) is 0 Å². The smallest absolute Gasteiger partial charge is 0.269 e. The molecule has 1 aromatic heterocycles. The van der Waals surface area contributed by atoms with Crippen LogP contribution in [0.5, 0.6) is 5.75 Å². The number of fused-ring (bicyclic) bond motifs is 1. The van der Waals surface area contributed by atoms with Crippen molar-refractivity contribution in [3.8, 4) is 17.1 Å². The SMILES string of the molecule is CC1(C)CC(=O)C2=C(C1)Nc1nc(-c3cccc(O)c3)nn1C2c1ccc([N+](=O)[O-])cc1. The Morgan fingerprint density at radius 1 is 1.19 bits per heavy atom. The number of benzene rings is 2. The molecule has 3 aromatic rings. The summed E-state index contributed by atoms with van der Waals surface area (Å²) in [5, 5.41) is 28.9. The molecular weight excluding hydrogens is 410 g/mol. The van der Waals surface area contributed by atoms with Crippen LogP contribution in [0.25, 0.3) is 11.4 Å². The fourth-order valence-corrected chi connectivity index (χ4v) is 4.46. The van der Waals surface area contributed by atoms with Crippen LogP contribution in [0.15, 0.2) is 59.8 Å². The first kappa shape index (κ1) is 19.9. The van der Waals surface area contributed by atoms with E-state index < -0.39 is 11.0 Å². The Morgan fingerprint density at radius 3 is 2.62 bits per heavy atom. The topological polar surface area (TPSA) is 123 Å². The number of nitro groups is 1. The van der Waals surface area contributed by atoms with Crippen LogP contribution in [0.3, 0.4) is 0 Å². The van der Waals surface area contributed by atoms with Gasteiger partial charge < -0.3 is 10.4 Å². The van der Waals surface area contributed by atoms with Gasteiger partial charge in [0.05, 0.1) is 4.92 Å². The lowest BCUT2D eigenvalue weighted by Crippen LogP contribution is -2.36. The van der Waals surface area contributed by atoms with Crippen molar-refractivity contribution in [3.63, 3.8) is 0 Å². The first-order chi connectivity index (χ1) is 15.2. The average molecular weight is 431 g/mol. The van der Waals surface area contributed by atoms with E-state index in [9.17, 15) is 20.0 Å². The highest BCUT2D eigenvalue weighted by molar-refractivity contribution is 6.00. The number of carbonyl (C=O) groups is 1. The van der Waals surface area contributed by atoms with Gasteiger partial charge in [-0.2, -0.15) is 4.98 Å². The van der Waals surface area contributed by atoms with Crippen molar-refractivity contribution < 1.29 is 14.8 Å². The molecule has 1 unspecified atom stereocenters. The monoisotopic (exact) mass is 431 g/mol. The number of nitrogens with zero attached hydrogens (tertiary/aromatic N) is 4. The molecule has 0 spiro atoms. The summed E-state index contributed by atoms with van der Waals surface area (Å²) in [6, 6.07) is 12.3. The molecule has 0 fully saturated rings. The summed E-state index contributed by atoms with van der Waals surface area (Å²) in [5.41, 5.74) is 2.55. The molecule has 2 aliphatic rings.